The van der Waals surface area contributed by atoms with Crippen molar-refractivity contribution in [2.45, 2.75) is 18.8 Å². The van der Waals surface area contributed by atoms with E-state index in [9.17, 15) is 9.59 Å². The van der Waals surface area contributed by atoms with Crippen LogP contribution in [0.25, 0.3) is 0 Å². The number of nitrogens with one attached hydrogen (secondary N) is 1. The van der Waals surface area contributed by atoms with Gasteiger partial charge in [-0.3, -0.25) is 14.6 Å². The molecule has 7 heteroatoms. The first-order valence-corrected chi connectivity index (χ1v) is 12.0. The third-order valence-corrected chi connectivity index (χ3v) is 7.15. The molecule has 32 heavy (non-hydrogen) atoms. The monoisotopic (exact) mass is 446 g/mol. The second-order valence-electron chi connectivity index (χ2n) is 8.50. The first-order chi connectivity index (χ1) is 15.7. The topological polar surface area (TPSA) is 65.5 Å². The Kier molecular flexibility index (Phi) is 5.90. The molecule has 2 fully saturated rings. The third-order valence-electron chi connectivity index (χ3n) is 6.46. The number of aromatic nitrogens is 1. The van der Waals surface area contributed by atoms with Crippen LogP contribution >= 0.6 is 11.3 Å². The Labute approximate surface area is 191 Å². The van der Waals surface area contributed by atoms with Gasteiger partial charge < -0.3 is 15.1 Å². The number of anilines is 2. The van der Waals surface area contributed by atoms with E-state index < -0.39 is 0 Å². The number of carbonyl (C=O) groups excluding carboxylic acids is 2. The van der Waals surface area contributed by atoms with Gasteiger partial charge in [0, 0.05) is 43.4 Å². The zero-order valence-corrected chi connectivity index (χ0v) is 18.6. The minimum Gasteiger partial charge on any atom is -0.369 e. The van der Waals surface area contributed by atoms with Crippen LogP contribution in [0.15, 0.2) is 65.6 Å². The van der Waals surface area contributed by atoms with Gasteiger partial charge in [-0.1, -0.05) is 12.1 Å². The molecule has 5 rings (SSSR count). The Bertz CT molecular complexity index is 1060. The van der Waals surface area contributed by atoms with Crippen molar-refractivity contribution in [1.29, 1.82) is 0 Å². The summed E-state index contributed by atoms with van der Waals surface area (Å²) >= 11 is 1.56. The summed E-state index contributed by atoms with van der Waals surface area (Å²) in [5.74, 6) is 0.657. The molecule has 1 N–H and O–H groups in total. The lowest BCUT2D eigenvalue weighted by atomic mass is 9.89. The Hall–Kier alpha value is -3.19. The molecule has 4 heterocycles. The van der Waals surface area contributed by atoms with E-state index in [4.69, 9.17) is 0 Å². The molecule has 0 aliphatic carbocycles. The highest BCUT2D eigenvalue weighted by Crippen LogP contribution is 2.30. The van der Waals surface area contributed by atoms with E-state index in [1.54, 1.807) is 17.5 Å². The summed E-state index contributed by atoms with van der Waals surface area (Å²) in [6.07, 6.45) is 5.52. The number of likely N-dealkylation sites (tertiary alicyclic amines) is 1. The fourth-order valence-electron chi connectivity index (χ4n) is 4.46. The SMILES string of the molecule is O=C(Nc1ccc(C2CCN(C(=O)c3ccsc3)CC2)cc1)C1CN(c2cccnc2)C1. The number of amides is 2. The summed E-state index contributed by atoms with van der Waals surface area (Å²) in [6.45, 7) is 3.01. The van der Waals surface area contributed by atoms with Crippen molar-refractivity contribution in [3.8, 4) is 0 Å². The van der Waals surface area contributed by atoms with Gasteiger partial charge in [-0.15, -0.1) is 0 Å². The maximum absolute atomic E-state index is 12.6. The van der Waals surface area contributed by atoms with Gasteiger partial charge >= 0.3 is 0 Å². The number of hydrogen-bond donors (Lipinski definition) is 1. The fraction of sp³-hybridized carbons (Fsp3) is 0.320. The Morgan fingerprint density at radius 3 is 2.47 bits per heavy atom. The van der Waals surface area contributed by atoms with Crippen LogP contribution in [-0.4, -0.2) is 47.9 Å². The molecule has 0 saturated carbocycles. The number of rotatable bonds is 5. The molecule has 0 atom stereocenters. The number of thiophene rings is 1. The molecular weight excluding hydrogens is 420 g/mol. The van der Waals surface area contributed by atoms with Gasteiger partial charge in [0.05, 0.1) is 23.4 Å². The fourth-order valence-corrected chi connectivity index (χ4v) is 5.09. The van der Waals surface area contributed by atoms with Crippen LogP contribution < -0.4 is 10.2 Å². The summed E-state index contributed by atoms with van der Waals surface area (Å²) in [4.78, 5) is 33.3. The molecule has 0 unspecified atom stereocenters. The Morgan fingerprint density at radius 1 is 1.03 bits per heavy atom. The van der Waals surface area contributed by atoms with Gasteiger partial charge in [0.1, 0.15) is 0 Å². The highest BCUT2D eigenvalue weighted by Gasteiger charge is 2.33. The summed E-state index contributed by atoms with van der Waals surface area (Å²) in [7, 11) is 0. The Balaban J connectivity index is 1.10. The van der Waals surface area contributed by atoms with Gasteiger partial charge in [-0.2, -0.15) is 11.3 Å². The maximum Gasteiger partial charge on any atom is 0.254 e. The van der Waals surface area contributed by atoms with Crippen molar-refractivity contribution < 1.29 is 9.59 Å². The maximum atomic E-state index is 12.6. The second kappa shape index (κ2) is 9.12. The molecule has 2 aromatic heterocycles. The molecule has 0 radical (unpaired) electrons. The summed E-state index contributed by atoms with van der Waals surface area (Å²) in [6, 6.07) is 14.0. The number of carbonyl (C=O) groups is 2. The molecule has 2 saturated heterocycles. The lowest BCUT2D eigenvalue weighted by Crippen LogP contribution is -2.52. The zero-order chi connectivity index (χ0) is 21.9. The molecule has 6 nitrogen and oxygen atoms in total. The van der Waals surface area contributed by atoms with E-state index in [1.165, 1.54) is 5.56 Å². The van der Waals surface area contributed by atoms with Crippen molar-refractivity contribution >= 4 is 34.5 Å². The number of nitrogens with zero attached hydrogens (tertiary/aromatic N) is 3. The predicted molar refractivity (Wildman–Crippen MR) is 127 cm³/mol. The number of pyridine rings is 1. The van der Waals surface area contributed by atoms with Crippen molar-refractivity contribution in [3.63, 3.8) is 0 Å². The molecule has 3 aromatic rings. The van der Waals surface area contributed by atoms with Crippen LogP contribution in [0.1, 0.15) is 34.7 Å². The lowest BCUT2D eigenvalue weighted by molar-refractivity contribution is -0.120. The van der Waals surface area contributed by atoms with Crippen LogP contribution in [-0.2, 0) is 4.79 Å². The predicted octanol–water partition coefficient (Wildman–Crippen LogP) is 4.24. The number of benzene rings is 1. The first-order valence-electron chi connectivity index (χ1n) is 11.0. The standard InChI is InChI=1S/C25H26N4O2S/c30-24(21-15-29(16-21)23-2-1-10-26-14-23)27-22-5-3-18(4-6-22)19-7-11-28(12-8-19)25(31)20-9-13-32-17-20/h1-6,9-10,13-14,17,19,21H,7-8,11-12,15-16H2,(H,27,30). The van der Waals surface area contributed by atoms with E-state index in [2.05, 4.69) is 27.3 Å². The van der Waals surface area contributed by atoms with Crippen molar-refractivity contribution in [1.82, 2.24) is 9.88 Å². The molecule has 2 aliphatic rings. The van der Waals surface area contributed by atoms with Crippen LogP contribution in [0.3, 0.4) is 0 Å². The lowest BCUT2D eigenvalue weighted by Gasteiger charge is -2.39. The van der Waals surface area contributed by atoms with E-state index in [0.717, 1.165) is 56.0 Å². The van der Waals surface area contributed by atoms with Crippen LogP contribution in [0, 0.1) is 5.92 Å². The van der Waals surface area contributed by atoms with Gasteiger partial charge in [-0.25, -0.2) is 0 Å². The minimum atomic E-state index is -0.0000239. The minimum absolute atomic E-state index is 0.0000239. The van der Waals surface area contributed by atoms with E-state index >= 15 is 0 Å². The van der Waals surface area contributed by atoms with Gasteiger partial charge in [-0.05, 0) is 60.0 Å². The summed E-state index contributed by atoms with van der Waals surface area (Å²) < 4.78 is 0. The van der Waals surface area contributed by atoms with Crippen molar-refractivity contribution in [3.05, 3.63) is 76.7 Å². The molecule has 2 aliphatic heterocycles. The highest BCUT2D eigenvalue weighted by molar-refractivity contribution is 7.08. The normalized spacial score (nSPS) is 17.1. The van der Waals surface area contributed by atoms with Gasteiger partial charge in [0.2, 0.25) is 5.91 Å². The van der Waals surface area contributed by atoms with Gasteiger partial charge in [0.25, 0.3) is 5.91 Å². The van der Waals surface area contributed by atoms with Crippen molar-refractivity contribution in [2.75, 3.05) is 36.4 Å². The van der Waals surface area contributed by atoms with Crippen LogP contribution in [0.5, 0.6) is 0 Å². The quantitative estimate of drug-likeness (QED) is 0.637. The zero-order valence-electron chi connectivity index (χ0n) is 17.8. The molecule has 1 aromatic carbocycles. The smallest absolute Gasteiger partial charge is 0.254 e. The molecule has 2 amide bonds. The number of hydrogen-bond acceptors (Lipinski definition) is 5. The molecular formula is C25H26N4O2S. The first kappa shape index (κ1) is 20.7. The molecule has 0 bridgehead atoms. The largest absolute Gasteiger partial charge is 0.369 e. The van der Waals surface area contributed by atoms with Crippen LogP contribution in [0.2, 0.25) is 0 Å². The van der Waals surface area contributed by atoms with E-state index in [1.807, 2.05) is 52.2 Å². The number of piperidine rings is 1. The van der Waals surface area contributed by atoms with E-state index in [0.29, 0.717) is 5.92 Å². The molecule has 0 spiro atoms. The average Bonchev–Trinajstić information content (AvgIpc) is 3.34. The average molecular weight is 447 g/mol. The van der Waals surface area contributed by atoms with Crippen molar-refractivity contribution in [2.24, 2.45) is 5.92 Å². The second-order valence-corrected chi connectivity index (χ2v) is 9.28. The summed E-state index contributed by atoms with van der Waals surface area (Å²) in [5.41, 5.74) is 3.97. The van der Waals surface area contributed by atoms with Gasteiger partial charge in [0.15, 0.2) is 0 Å². The van der Waals surface area contributed by atoms with Crippen LogP contribution in [0.4, 0.5) is 11.4 Å². The third kappa shape index (κ3) is 4.39. The molecule has 164 valence electrons. The highest BCUT2D eigenvalue weighted by atomic mass is 32.1. The summed E-state index contributed by atoms with van der Waals surface area (Å²) in [5, 5.41) is 6.92. The Morgan fingerprint density at radius 2 is 1.81 bits per heavy atom. The van der Waals surface area contributed by atoms with E-state index in [-0.39, 0.29) is 17.7 Å².